The van der Waals surface area contributed by atoms with Crippen molar-refractivity contribution in [1.82, 2.24) is 9.59 Å². The minimum absolute atomic E-state index is 0.0390. The number of hydrogen-bond donors (Lipinski definition) is 1. The van der Waals surface area contributed by atoms with Gasteiger partial charge in [0.2, 0.25) is 5.82 Å². The number of anilines is 1. The lowest BCUT2D eigenvalue weighted by atomic mass is 10.3. The van der Waals surface area contributed by atoms with Gasteiger partial charge < -0.3 is 10.5 Å². The standard InChI is InChI=1S/C9H7F2N3OS/c10-5-2-1-3-7(8(5)11)15-4-6-9(12)16-14-13-6/h1-3H,4,12H2. The van der Waals surface area contributed by atoms with Gasteiger partial charge in [0.25, 0.3) is 0 Å². The number of rotatable bonds is 3. The molecule has 0 saturated heterocycles. The summed E-state index contributed by atoms with van der Waals surface area (Å²) in [4.78, 5) is 0. The van der Waals surface area contributed by atoms with E-state index in [1.165, 1.54) is 12.1 Å². The summed E-state index contributed by atoms with van der Waals surface area (Å²) in [5, 5.41) is 4.09. The monoisotopic (exact) mass is 243 g/mol. The van der Waals surface area contributed by atoms with E-state index in [9.17, 15) is 8.78 Å². The number of aromatic nitrogens is 2. The highest BCUT2D eigenvalue weighted by Gasteiger charge is 2.10. The Labute approximate surface area is 93.8 Å². The molecule has 4 nitrogen and oxygen atoms in total. The molecule has 0 aliphatic rings. The average molecular weight is 243 g/mol. The summed E-state index contributed by atoms with van der Waals surface area (Å²) in [6.45, 7) is -0.0390. The van der Waals surface area contributed by atoms with Crippen LogP contribution in [0.5, 0.6) is 5.75 Å². The normalized spacial score (nSPS) is 10.4. The van der Waals surface area contributed by atoms with E-state index < -0.39 is 11.6 Å². The molecular weight excluding hydrogens is 236 g/mol. The molecular formula is C9H7F2N3OS. The maximum Gasteiger partial charge on any atom is 0.200 e. The molecule has 2 rings (SSSR count). The van der Waals surface area contributed by atoms with Crippen molar-refractivity contribution in [3.63, 3.8) is 0 Å². The van der Waals surface area contributed by atoms with Gasteiger partial charge in [-0.3, -0.25) is 0 Å². The first-order chi connectivity index (χ1) is 7.68. The van der Waals surface area contributed by atoms with Crippen LogP contribution >= 0.6 is 11.5 Å². The third-order valence-corrected chi connectivity index (χ3v) is 2.46. The van der Waals surface area contributed by atoms with Crippen molar-refractivity contribution in [3.8, 4) is 5.75 Å². The van der Waals surface area contributed by atoms with Gasteiger partial charge in [-0.05, 0) is 12.1 Å². The number of nitrogens with zero attached hydrogens (tertiary/aromatic N) is 2. The lowest BCUT2D eigenvalue weighted by Crippen LogP contribution is -2.01. The Kier molecular flexibility index (Phi) is 2.95. The first kappa shape index (κ1) is 10.7. The third kappa shape index (κ3) is 2.08. The highest BCUT2D eigenvalue weighted by molar-refractivity contribution is 7.09. The Morgan fingerprint density at radius 2 is 2.19 bits per heavy atom. The van der Waals surface area contributed by atoms with Crippen LogP contribution in [0.2, 0.25) is 0 Å². The van der Waals surface area contributed by atoms with Crippen LogP contribution in [0.4, 0.5) is 13.8 Å². The van der Waals surface area contributed by atoms with Crippen molar-refractivity contribution in [1.29, 1.82) is 0 Å². The number of nitrogen functional groups attached to an aromatic ring is 1. The number of hydrogen-bond acceptors (Lipinski definition) is 5. The van der Waals surface area contributed by atoms with Gasteiger partial charge in [-0.15, -0.1) is 5.10 Å². The van der Waals surface area contributed by atoms with Crippen molar-refractivity contribution in [2.45, 2.75) is 6.61 Å². The van der Waals surface area contributed by atoms with E-state index in [0.717, 1.165) is 17.6 Å². The minimum atomic E-state index is -1.02. The van der Waals surface area contributed by atoms with E-state index in [-0.39, 0.29) is 12.4 Å². The highest BCUT2D eigenvalue weighted by atomic mass is 32.1. The molecule has 0 atom stereocenters. The molecule has 0 aliphatic carbocycles. The molecule has 0 saturated carbocycles. The molecule has 0 unspecified atom stereocenters. The maximum absolute atomic E-state index is 13.2. The van der Waals surface area contributed by atoms with E-state index in [1.54, 1.807) is 0 Å². The minimum Gasteiger partial charge on any atom is -0.484 e. The van der Waals surface area contributed by atoms with Crippen LogP contribution in [0, 0.1) is 11.6 Å². The second-order valence-corrected chi connectivity index (χ2v) is 3.71. The topological polar surface area (TPSA) is 61.0 Å². The van der Waals surface area contributed by atoms with Crippen molar-refractivity contribution < 1.29 is 13.5 Å². The van der Waals surface area contributed by atoms with Gasteiger partial charge in [0.1, 0.15) is 17.3 Å². The second kappa shape index (κ2) is 4.40. The van der Waals surface area contributed by atoms with Gasteiger partial charge in [-0.1, -0.05) is 10.6 Å². The van der Waals surface area contributed by atoms with Crippen molar-refractivity contribution in [2.24, 2.45) is 0 Å². The molecule has 0 radical (unpaired) electrons. The summed E-state index contributed by atoms with van der Waals surface area (Å²) in [7, 11) is 0. The van der Waals surface area contributed by atoms with Crippen molar-refractivity contribution in [3.05, 3.63) is 35.5 Å². The molecule has 16 heavy (non-hydrogen) atoms. The van der Waals surface area contributed by atoms with Gasteiger partial charge >= 0.3 is 0 Å². The fourth-order valence-corrected chi connectivity index (χ4v) is 1.49. The Balaban J connectivity index is 2.11. The predicted octanol–water partition coefficient (Wildman–Crippen LogP) is 1.98. The highest BCUT2D eigenvalue weighted by Crippen LogP contribution is 2.21. The quantitative estimate of drug-likeness (QED) is 0.895. The molecule has 1 aromatic carbocycles. The van der Waals surface area contributed by atoms with Gasteiger partial charge in [0.15, 0.2) is 11.6 Å². The van der Waals surface area contributed by atoms with Crippen molar-refractivity contribution in [2.75, 3.05) is 5.73 Å². The van der Waals surface area contributed by atoms with E-state index in [4.69, 9.17) is 10.5 Å². The van der Waals surface area contributed by atoms with Crippen LogP contribution in [0.15, 0.2) is 18.2 Å². The van der Waals surface area contributed by atoms with Crippen LogP contribution in [0.25, 0.3) is 0 Å². The Morgan fingerprint density at radius 1 is 1.38 bits per heavy atom. The van der Waals surface area contributed by atoms with Crippen molar-refractivity contribution >= 4 is 16.5 Å². The van der Waals surface area contributed by atoms with Crippen LogP contribution in [-0.2, 0) is 6.61 Å². The largest absolute Gasteiger partial charge is 0.484 e. The van der Waals surface area contributed by atoms with Crippen LogP contribution in [0.1, 0.15) is 5.69 Å². The summed E-state index contributed by atoms with van der Waals surface area (Å²) in [6, 6.07) is 3.70. The summed E-state index contributed by atoms with van der Waals surface area (Å²) < 4.78 is 34.6. The van der Waals surface area contributed by atoms with E-state index in [1.807, 2.05) is 0 Å². The fourth-order valence-electron chi connectivity index (χ4n) is 1.06. The van der Waals surface area contributed by atoms with Gasteiger partial charge in [0, 0.05) is 11.5 Å². The summed E-state index contributed by atoms with van der Waals surface area (Å²) in [5.41, 5.74) is 5.93. The number of ether oxygens (including phenoxy) is 1. The lowest BCUT2D eigenvalue weighted by molar-refractivity contribution is 0.281. The number of halogens is 2. The zero-order valence-corrected chi connectivity index (χ0v) is 8.80. The van der Waals surface area contributed by atoms with Crippen LogP contribution in [0.3, 0.4) is 0 Å². The summed E-state index contributed by atoms with van der Waals surface area (Å²) in [6.07, 6.45) is 0. The Morgan fingerprint density at radius 3 is 2.88 bits per heavy atom. The van der Waals surface area contributed by atoms with Crippen LogP contribution in [-0.4, -0.2) is 9.59 Å². The molecule has 0 bridgehead atoms. The van der Waals surface area contributed by atoms with Gasteiger partial charge in [-0.2, -0.15) is 4.39 Å². The molecule has 84 valence electrons. The molecule has 0 aliphatic heterocycles. The van der Waals surface area contributed by atoms with E-state index in [2.05, 4.69) is 9.59 Å². The first-order valence-corrected chi connectivity index (χ1v) is 5.09. The molecule has 1 aromatic heterocycles. The van der Waals surface area contributed by atoms with Gasteiger partial charge in [0.05, 0.1) is 0 Å². The van der Waals surface area contributed by atoms with Gasteiger partial charge in [-0.25, -0.2) is 4.39 Å². The SMILES string of the molecule is Nc1snnc1COc1cccc(F)c1F. The third-order valence-electron chi connectivity index (χ3n) is 1.87. The summed E-state index contributed by atoms with van der Waals surface area (Å²) in [5.74, 6) is -2.15. The molecule has 0 amide bonds. The fraction of sp³-hybridized carbons (Fsp3) is 0.111. The molecule has 0 fully saturated rings. The summed E-state index contributed by atoms with van der Waals surface area (Å²) >= 11 is 1.02. The average Bonchev–Trinajstić information content (AvgIpc) is 2.67. The Bertz CT molecular complexity index is 503. The molecule has 1 heterocycles. The number of nitrogens with two attached hydrogens (primary N) is 1. The smallest absolute Gasteiger partial charge is 0.200 e. The predicted molar refractivity (Wildman–Crippen MR) is 55.0 cm³/mol. The molecule has 2 N–H and O–H groups in total. The zero-order valence-electron chi connectivity index (χ0n) is 7.98. The first-order valence-electron chi connectivity index (χ1n) is 4.32. The molecule has 7 heteroatoms. The van der Waals surface area contributed by atoms with E-state index in [0.29, 0.717) is 10.7 Å². The van der Waals surface area contributed by atoms with Crippen LogP contribution < -0.4 is 10.5 Å². The zero-order chi connectivity index (χ0) is 11.5. The maximum atomic E-state index is 13.2. The second-order valence-electron chi connectivity index (χ2n) is 2.92. The lowest BCUT2D eigenvalue weighted by Gasteiger charge is -2.05. The molecule has 2 aromatic rings. The number of benzene rings is 1. The Hall–Kier alpha value is -1.76. The molecule has 0 spiro atoms. The van der Waals surface area contributed by atoms with E-state index >= 15 is 0 Å².